The Hall–Kier alpha value is -3.45. The molecule has 0 bridgehead atoms. The van der Waals surface area contributed by atoms with E-state index in [1.165, 1.54) is 0 Å². The molecule has 0 aliphatic heterocycles. The van der Waals surface area contributed by atoms with E-state index in [1.807, 2.05) is 31.2 Å². The number of anilines is 1. The van der Waals surface area contributed by atoms with Crippen molar-refractivity contribution >= 4 is 28.8 Å². The van der Waals surface area contributed by atoms with Gasteiger partial charge in [-0.15, -0.1) is 10.2 Å². The van der Waals surface area contributed by atoms with Gasteiger partial charge in [-0.25, -0.2) is 4.52 Å². The molecule has 0 radical (unpaired) electrons. The number of benzene rings is 2. The number of methoxy groups -OCH3 is 1. The van der Waals surface area contributed by atoms with Crippen molar-refractivity contribution in [3.05, 3.63) is 70.6 Å². The summed E-state index contributed by atoms with van der Waals surface area (Å²) in [6, 6.07) is 14.6. The van der Waals surface area contributed by atoms with Crippen molar-refractivity contribution in [1.29, 1.82) is 0 Å². The number of ether oxygens (including phenoxy) is 1. The van der Waals surface area contributed by atoms with Gasteiger partial charge in [0.15, 0.2) is 11.3 Å². The van der Waals surface area contributed by atoms with Crippen LogP contribution >= 0.6 is 11.6 Å². The highest BCUT2D eigenvalue weighted by Gasteiger charge is 2.21. The Morgan fingerprint density at radius 1 is 1.17 bits per heavy atom. The van der Waals surface area contributed by atoms with Crippen molar-refractivity contribution < 1.29 is 9.53 Å². The number of nitrogens with one attached hydrogen (secondary N) is 1. The predicted molar refractivity (Wildman–Crippen MR) is 116 cm³/mol. The maximum Gasteiger partial charge on any atom is 0.278 e. The number of amides is 1. The molecule has 2 aromatic heterocycles. The van der Waals surface area contributed by atoms with Gasteiger partial charge < -0.3 is 10.1 Å². The summed E-state index contributed by atoms with van der Waals surface area (Å²) in [5.41, 5.74) is 4.74. The fourth-order valence-corrected chi connectivity index (χ4v) is 3.44. The monoisotopic (exact) mass is 421 g/mol. The van der Waals surface area contributed by atoms with E-state index in [-0.39, 0.29) is 11.6 Å². The number of hydrogen-bond donors (Lipinski definition) is 1. The molecule has 1 amide bonds. The Bertz CT molecular complexity index is 1230. The quantitative estimate of drug-likeness (QED) is 0.510. The van der Waals surface area contributed by atoms with Crippen LogP contribution in [-0.2, 0) is 6.42 Å². The fourth-order valence-electron chi connectivity index (χ4n) is 3.31. The zero-order valence-corrected chi connectivity index (χ0v) is 17.6. The number of carbonyl (C=O) groups is 1. The summed E-state index contributed by atoms with van der Waals surface area (Å²) in [5, 5.41) is 16.7. The predicted octanol–water partition coefficient (Wildman–Crippen LogP) is 4.58. The molecule has 30 heavy (non-hydrogen) atoms. The third-order valence-electron chi connectivity index (χ3n) is 4.85. The van der Waals surface area contributed by atoms with Gasteiger partial charge in [-0.3, -0.25) is 4.79 Å². The first-order valence-electron chi connectivity index (χ1n) is 9.48. The van der Waals surface area contributed by atoms with Crippen molar-refractivity contribution in [1.82, 2.24) is 19.8 Å². The summed E-state index contributed by atoms with van der Waals surface area (Å²) < 4.78 is 6.88. The summed E-state index contributed by atoms with van der Waals surface area (Å²) in [6.07, 6.45) is 0.714. The molecular formula is C22H20ClN5O2. The van der Waals surface area contributed by atoms with Crippen LogP contribution in [0.1, 0.15) is 28.8 Å². The van der Waals surface area contributed by atoms with Crippen molar-refractivity contribution in [3.63, 3.8) is 0 Å². The van der Waals surface area contributed by atoms with Crippen LogP contribution in [0.5, 0.6) is 5.75 Å². The zero-order valence-electron chi connectivity index (χ0n) is 16.8. The molecule has 1 N–H and O–H groups in total. The standard InChI is InChI=1S/C22H20ClN5O2/c1-4-18-19(14-8-10-15(23)11-9-14)21-26-25-20(13(2)28(21)27-18)22(29)24-16-6-5-7-17(12-16)30-3/h5-12H,4H2,1-3H3,(H,24,29). The Balaban J connectivity index is 1.75. The van der Waals surface area contributed by atoms with Crippen LogP contribution in [0.15, 0.2) is 48.5 Å². The van der Waals surface area contributed by atoms with Crippen LogP contribution in [0.3, 0.4) is 0 Å². The number of aryl methyl sites for hydroxylation is 2. The zero-order chi connectivity index (χ0) is 21.3. The molecule has 2 aromatic carbocycles. The molecule has 0 saturated heterocycles. The molecule has 0 aliphatic rings. The molecule has 0 spiro atoms. The van der Waals surface area contributed by atoms with Crippen LogP contribution in [0.2, 0.25) is 5.02 Å². The molecule has 2 heterocycles. The molecule has 4 rings (SSSR count). The smallest absolute Gasteiger partial charge is 0.278 e. The number of aromatic nitrogens is 4. The summed E-state index contributed by atoms with van der Waals surface area (Å²) in [6.45, 7) is 3.83. The maximum absolute atomic E-state index is 12.8. The highest BCUT2D eigenvalue weighted by molar-refractivity contribution is 6.30. The number of rotatable bonds is 5. The normalized spacial score (nSPS) is 10.9. The van der Waals surface area contributed by atoms with Gasteiger partial charge in [0.05, 0.1) is 24.1 Å². The summed E-state index contributed by atoms with van der Waals surface area (Å²) in [7, 11) is 1.58. The van der Waals surface area contributed by atoms with E-state index < -0.39 is 0 Å². The number of halogens is 1. The lowest BCUT2D eigenvalue weighted by Crippen LogP contribution is -2.18. The van der Waals surface area contributed by atoms with Gasteiger partial charge in [0.1, 0.15) is 5.75 Å². The van der Waals surface area contributed by atoms with Gasteiger partial charge in [-0.05, 0) is 43.2 Å². The van der Waals surface area contributed by atoms with Crippen molar-refractivity contribution in [2.75, 3.05) is 12.4 Å². The van der Waals surface area contributed by atoms with E-state index in [2.05, 4.69) is 20.6 Å². The Labute approximate surface area is 178 Å². The average Bonchev–Trinajstić information content (AvgIpc) is 3.14. The first-order chi connectivity index (χ1) is 14.5. The molecular weight excluding hydrogens is 402 g/mol. The molecule has 152 valence electrons. The lowest BCUT2D eigenvalue weighted by Gasteiger charge is -2.09. The minimum atomic E-state index is -0.364. The fraction of sp³-hybridized carbons (Fsp3) is 0.182. The van der Waals surface area contributed by atoms with Crippen LogP contribution in [-0.4, -0.2) is 32.8 Å². The van der Waals surface area contributed by atoms with Crippen LogP contribution in [0, 0.1) is 6.92 Å². The average molecular weight is 422 g/mol. The van der Waals surface area contributed by atoms with Gasteiger partial charge in [0, 0.05) is 16.8 Å². The van der Waals surface area contributed by atoms with Gasteiger partial charge in [0.2, 0.25) is 0 Å². The van der Waals surface area contributed by atoms with E-state index in [4.69, 9.17) is 16.3 Å². The minimum Gasteiger partial charge on any atom is -0.497 e. The number of carbonyl (C=O) groups excluding carboxylic acids is 1. The molecule has 8 heteroatoms. The Kier molecular flexibility index (Phi) is 5.37. The van der Waals surface area contributed by atoms with Gasteiger partial charge in [-0.1, -0.05) is 36.7 Å². The van der Waals surface area contributed by atoms with Gasteiger partial charge in [-0.2, -0.15) is 5.10 Å². The van der Waals surface area contributed by atoms with Crippen molar-refractivity contribution in [2.45, 2.75) is 20.3 Å². The highest BCUT2D eigenvalue weighted by atomic mass is 35.5. The summed E-state index contributed by atoms with van der Waals surface area (Å²) in [5.74, 6) is 0.287. The first kappa shape index (κ1) is 19.8. The first-order valence-corrected chi connectivity index (χ1v) is 9.85. The number of fused-ring (bicyclic) bond motifs is 1. The lowest BCUT2D eigenvalue weighted by molar-refractivity contribution is 0.102. The van der Waals surface area contributed by atoms with Gasteiger partial charge in [0.25, 0.3) is 5.91 Å². The molecule has 0 saturated carbocycles. The minimum absolute atomic E-state index is 0.207. The Morgan fingerprint density at radius 3 is 2.63 bits per heavy atom. The number of hydrogen-bond acceptors (Lipinski definition) is 5. The van der Waals surface area contributed by atoms with E-state index in [0.29, 0.717) is 34.2 Å². The van der Waals surface area contributed by atoms with Gasteiger partial charge >= 0.3 is 0 Å². The van der Waals surface area contributed by atoms with Crippen LogP contribution < -0.4 is 10.1 Å². The third-order valence-corrected chi connectivity index (χ3v) is 5.10. The lowest BCUT2D eigenvalue weighted by atomic mass is 10.0. The molecule has 0 atom stereocenters. The second kappa shape index (κ2) is 8.12. The summed E-state index contributed by atoms with van der Waals surface area (Å²) in [4.78, 5) is 12.8. The number of nitrogens with zero attached hydrogens (tertiary/aromatic N) is 4. The molecule has 0 fully saturated rings. The van der Waals surface area contributed by atoms with Crippen LogP contribution in [0.4, 0.5) is 5.69 Å². The third kappa shape index (κ3) is 3.59. The largest absolute Gasteiger partial charge is 0.497 e. The van der Waals surface area contributed by atoms with E-state index >= 15 is 0 Å². The van der Waals surface area contributed by atoms with E-state index in [9.17, 15) is 4.79 Å². The second-order valence-electron chi connectivity index (χ2n) is 6.74. The van der Waals surface area contributed by atoms with Crippen LogP contribution in [0.25, 0.3) is 16.8 Å². The molecule has 4 aromatic rings. The molecule has 0 unspecified atom stereocenters. The molecule has 7 nitrogen and oxygen atoms in total. The summed E-state index contributed by atoms with van der Waals surface area (Å²) >= 11 is 6.03. The van der Waals surface area contributed by atoms with Crippen molar-refractivity contribution in [3.8, 4) is 16.9 Å². The van der Waals surface area contributed by atoms with E-state index in [1.54, 1.807) is 42.8 Å². The highest BCUT2D eigenvalue weighted by Crippen LogP contribution is 2.29. The topological polar surface area (TPSA) is 81.4 Å². The maximum atomic E-state index is 12.8. The van der Waals surface area contributed by atoms with Crippen molar-refractivity contribution in [2.24, 2.45) is 0 Å². The Morgan fingerprint density at radius 2 is 1.93 bits per heavy atom. The van der Waals surface area contributed by atoms with E-state index in [0.717, 1.165) is 16.8 Å². The molecule has 0 aliphatic carbocycles. The SMILES string of the molecule is CCc1nn2c(C)c(C(=O)Nc3cccc(OC)c3)nnc2c1-c1ccc(Cl)cc1. The second-order valence-corrected chi connectivity index (χ2v) is 7.17.